The number of furan rings is 2. The zero-order valence-corrected chi connectivity index (χ0v) is 39.5. The number of nitrogens with zero attached hydrogens (tertiary/aromatic N) is 2. The minimum Gasteiger partial charge on any atom is -0.456 e. The average Bonchev–Trinajstić information content (AvgIpc) is 4.20. The normalized spacial score (nSPS) is 13.0. The van der Waals surface area contributed by atoms with Crippen LogP contribution >= 0.6 is 0 Å². The summed E-state index contributed by atoms with van der Waals surface area (Å²) in [6.45, 7) is 0. The number of anilines is 6. The molecular weight excluding hydrogens is 889 g/mol. The molecule has 340 valence electrons. The summed E-state index contributed by atoms with van der Waals surface area (Å²) in [4.78, 5) is 4.83. The maximum Gasteiger partial charge on any atom is 0.135 e. The molecule has 0 aliphatic heterocycles. The predicted octanol–water partition coefficient (Wildman–Crippen LogP) is 19.1. The Morgan fingerprint density at radius 3 is 1.38 bits per heavy atom. The largest absolute Gasteiger partial charge is 0.456 e. The molecule has 0 atom stereocenters. The monoisotopic (exact) mass is 930 g/mol. The van der Waals surface area contributed by atoms with Gasteiger partial charge in [0.15, 0.2) is 0 Å². The molecule has 12 aromatic carbocycles. The summed E-state index contributed by atoms with van der Waals surface area (Å²) in [5.41, 5.74) is 19.7. The van der Waals surface area contributed by atoms with Crippen LogP contribution in [0.25, 0.3) is 87.7 Å². The molecule has 2 aliphatic carbocycles. The first-order chi connectivity index (χ1) is 36.2. The van der Waals surface area contributed by atoms with Gasteiger partial charge >= 0.3 is 0 Å². The van der Waals surface area contributed by atoms with Crippen LogP contribution in [0.3, 0.4) is 0 Å². The molecule has 2 heterocycles. The van der Waals surface area contributed by atoms with Crippen LogP contribution in [0.5, 0.6) is 0 Å². The Hall–Kier alpha value is -9.64. The van der Waals surface area contributed by atoms with E-state index in [1.165, 1.54) is 66.1 Å². The topological polar surface area (TPSA) is 32.8 Å². The van der Waals surface area contributed by atoms with E-state index in [0.717, 1.165) is 78.0 Å². The second-order valence-corrected chi connectivity index (χ2v) is 19.5. The lowest BCUT2D eigenvalue weighted by atomic mass is 9.69. The first-order valence-corrected chi connectivity index (χ1v) is 25.1. The summed E-state index contributed by atoms with van der Waals surface area (Å²) in [6, 6.07) is 93.1. The van der Waals surface area contributed by atoms with Gasteiger partial charge in [-0.2, -0.15) is 0 Å². The van der Waals surface area contributed by atoms with Gasteiger partial charge in [0.1, 0.15) is 22.3 Å². The van der Waals surface area contributed by atoms with Crippen LogP contribution in [0.4, 0.5) is 34.1 Å². The van der Waals surface area contributed by atoms with E-state index < -0.39 is 5.41 Å². The third kappa shape index (κ3) is 5.60. The lowest BCUT2D eigenvalue weighted by Gasteiger charge is -2.33. The Kier molecular flexibility index (Phi) is 8.35. The van der Waals surface area contributed by atoms with Crippen molar-refractivity contribution in [2.75, 3.05) is 9.80 Å². The molecule has 16 rings (SSSR count). The van der Waals surface area contributed by atoms with Crippen LogP contribution in [0.1, 0.15) is 22.3 Å². The highest BCUT2D eigenvalue weighted by atomic mass is 16.3. The fourth-order valence-corrected chi connectivity index (χ4v) is 12.9. The van der Waals surface area contributed by atoms with Crippen molar-refractivity contribution in [2.45, 2.75) is 5.41 Å². The quantitative estimate of drug-likeness (QED) is 0.166. The highest BCUT2D eigenvalue weighted by Crippen LogP contribution is 2.66. The van der Waals surface area contributed by atoms with Gasteiger partial charge in [0.05, 0.1) is 11.1 Å². The molecule has 0 saturated carbocycles. The van der Waals surface area contributed by atoms with E-state index in [0.29, 0.717) is 0 Å². The summed E-state index contributed by atoms with van der Waals surface area (Å²) < 4.78 is 12.7. The molecule has 4 heteroatoms. The molecule has 4 nitrogen and oxygen atoms in total. The number of hydrogen-bond acceptors (Lipinski definition) is 4. The Bertz CT molecular complexity index is 4540. The van der Waals surface area contributed by atoms with Crippen LogP contribution in [0.2, 0.25) is 0 Å². The minimum atomic E-state index is -0.642. The summed E-state index contributed by atoms with van der Waals surface area (Å²) in [5, 5.41) is 9.22. The number of fused-ring (bicyclic) bond motifs is 20. The van der Waals surface area contributed by atoms with E-state index in [9.17, 15) is 0 Å². The van der Waals surface area contributed by atoms with E-state index in [1.54, 1.807) is 0 Å². The van der Waals surface area contributed by atoms with E-state index in [-0.39, 0.29) is 0 Å². The third-order valence-electron chi connectivity index (χ3n) is 15.8. The molecular formula is C69H42N2O2. The van der Waals surface area contributed by atoms with Crippen molar-refractivity contribution < 1.29 is 8.83 Å². The first kappa shape index (κ1) is 40.1. The van der Waals surface area contributed by atoms with Crippen molar-refractivity contribution in [2.24, 2.45) is 0 Å². The van der Waals surface area contributed by atoms with Crippen LogP contribution < -0.4 is 9.80 Å². The van der Waals surface area contributed by atoms with Gasteiger partial charge in [-0.15, -0.1) is 0 Å². The van der Waals surface area contributed by atoms with Gasteiger partial charge in [-0.1, -0.05) is 164 Å². The SMILES string of the molecule is c1ccc(N(c2ccc3c4c(ccc3c2)-c2c(cc(N(c3ccccc3)c3ccc5oc6ccccc6c5c3)c3ccccc23)C42c3ccccc3-c3ccccc32)c2ccc3oc4ccccc4c3c2)cc1. The van der Waals surface area contributed by atoms with E-state index in [4.69, 9.17) is 8.83 Å². The van der Waals surface area contributed by atoms with Crippen LogP contribution in [0.15, 0.2) is 264 Å². The molecule has 0 fully saturated rings. The van der Waals surface area contributed by atoms with Crippen LogP contribution in [-0.2, 0) is 5.41 Å². The van der Waals surface area contributed by atoms with E-state index in [1.807, 2.05) is 18.2 Å². The molecule has 0 N–H and O–H groups in total. The van der Waals surface area contributed by atoms with Gasteiger partial charge in [-0.25, -0.2) is 0 Å². The number of hydrogen-bond donors (Lipinski definition) is 0. The third-order valence-corrected chi connectivity index (χ3v) is 15.8. The van der Waals surface area contributed by atoms with E-state index in [2.05, 4.69) is 246 Å². The highest BCUT2D eigenvalue weighted by Gasteiger charge is 2.53. The molecule has 0 saturated heterocycles. The van der Waals surface area contributed by atoms with Crippen molar-refractivity contribution >= 4 is 99.5 Å². The number of para-hydroxylation sites is 4. The maximum atomic E-state index is 6.40. The smallest absolute Gasteiger partial charge is 0.135 e. The van der Waals surface area contributed by atoms with Crippen molar-refractivity contribution in [3.8, 4) is 22.3 Å². The Labute approximate surface area is 420 Å². The second-order valence-electron chi connectivity index (χ2n) is 19.5. The lowest BCUT2D eigenvalue weighted by Crippen LogP contribution is -2.26. The Morgan fingerprint density at radius 2 is 0.753 bits per heavy atom. The summed E-state index contributed by atoms with van der Waals surface area (Å²) in [5.74, 6) is 0. The maximum absolute atomic E-state index is 6.40. The fourth-order valence-electron chi connectivity index (χ4n) is 12.9. The molecule has 0 radical (unpaired) electrons. The Morgan fingerprint density at radius 1 is 0.274 bits per heavy atom. The molecule has 73 heavy (non-hydrogen) atoms. The summed E-state index contributed by atoms with van der Waals surface area (Å²) in [7, 11) is 0. The fraction of sp³-hybridized carbons (Fsp3) is 0.0145. The van der Waals surface area contributed by atoms with Gasteiger partial charge in [-0.05, 0) is 152 Å². The molecule has 0 amide bonds. The van der Waals surface area contributed by atoms with E-state index >= 15 is 0 Å². The number of rotatable bonds is 6. The first-order valence-electron chi connectivity index (χ1n) is 25.1. The standard InChI is InChI=1S/C69H42N2O2/c1-3-17-44(18-4-1)70(47-33-37-65-57(40-47)53-24-11-15-29-63(53)72-65)46-32-36-49-43(39-46)31-35-56-67-55-26-8-7-23-52(55)62(42-61(67)69(68(49)56)59-27-13-9-21-50(59)51-22-10-14-28-60(51)69)71(45-19-5-2-6-20-45)48-34-38-66-58(41-48)54-25-12-16-30-64(54)73-66/h1-42H. The molecule has 1 spiro atoms. The average molecular weight is 931 g/mol. The summed E-state index contributed by atoms with van der Waals surface area (Å²) in [6.07, 6.45) is 0. The zero-order chi connectivity index (χ0) is 47.8. The predicted molar refractivity (Wildman–Crippen MR) is 302 cm³/mol. The molecule has 0 bridgehead atoms. The van der Waals surface area contributed by atoms with Gasteiger partial charge in [0.2, 0.25) is 0 Å². The lowest BCUT2D eigenvalue weighted by molar-refractivity contribution is 0.668. The van der Waals surface area contributed by atoms with Crippen LogP contribution in [0, 0.1) is 0 Å². The second kappa shape index (κ2) is 15.2. The van der Waals surface area contributed by atoms with Crippen molar-refractivity contribution in [3.63, 3.8) is 0 Å². The highest BCUT2D eigenvalue weighted by molar-refractivity contribution is 6.16. The van der Waals surface area contributed by atoms with Crippen molar-refractivity contribution in [3.05, 3.63) is 277 Å². The van der Waals surface area contributed by atoms with Crippen molar-refractivity contribution in [1.82, 2.24) is 0 Å². The molecule has 0 unspecified atom stereocenters. The zero-order valence-electron chi connectivity index (χ0n) is 39.5. The van der Waals surface area contributed by atoms with Gasteiger partial charge in [-0.3, -0.25) is 0 Å². The van der Waals surface area contributed by atoms with Gasteiger partial charge in [0, 0.05) is 55.4 Å². The molecule has 2 aromatic heterocycles. The minimum absolute atomic E-state index is 0.642. The molecule has 14 aromatic rings. The summed E-state index contributed by atoms with van der Waals surface area (Å²) >= 11 is 0. The van der Waals surface area contributed by atoms with Gasteiger partial charge < -0.3 is 18.6 Å². The molecule has 2 aliphatic rings. The number of benzene rings is 12. The van der Waals surface area contributed by atoms with Gasteiger partial charge in [0.25, 0.3) is 0 Å². The Balaban J connectivity index is 0.970. The van der Waals surface area contributed by atoms with Crippen LogP contribution in [-0.4, -0.2) is 0 Å². The van der Waals surface area contributed by atoms with Crippen molar-refractivity contribution in [1.29, 1.82) is 0 Å².